The lowest BCUT2D eigenvalue weighted by molar-refractivity contribution is -0.886. The first kappa shape index (κ1) is 22.5. The Balaban J connectivity index is 1.60. The van der Waals surface area contributed by atoms with Crippen LogP contribution in [0.25, 0.3) is 5.57 Å². The summed E-state index contributed by atoms with van der Waals surface area (Å²) >= 11 is 0. The average Bonchev–Trinajstić information content (AvgIpc) is 2.84. The molecule has 3 N–H and O–H groups in total. The van der Waals surface area contributed by atoms with Gasteiger partial charge in [0.05, 0.1) is 19.6 Å². The van der Waals surface area contributed by atoms with E-state index in [1.54, 1.807) is 6.92 Å². The molecule has 2 aromatic carbocycles. The van der Waals surface area contributed by atoms with Crippen LogP contribution in [0.3, 0.4) is 0 Å². The second kappa shape index (κ2) is 9.83. The number of carbonyl (C=O) groups excluding carboxylic acids is 1. The van der Waals surface area contributed by atoms with Crippen molar-refractivity contribution in [3.63, 3.8) is 0 Å². The van der Waals surface area contributed by atoms with Crippen molar-refractivity contribution in [3.05, 3.63) is 104 Å². The summed E-state index contributed by atoms with van der Waals surface area (Å²) in [6.45, 7) is 3.73. The molecule has 3 aromatic rings. The van der Waals surface area contributed by atoms with Crippen molar-refractivity contribution in [2.45, 2.75) is 26.4 Å². The molecule has 0 radical (unpaired) electrons. The fraction of sp³-hybridized carbons (Fsp3) is 0.269. The Hall–Kier alpha value is -3.71. The number of nitrogen functional groups attached to an aromatic ring is 1. The number of carbonyl (C=O) groups is 1. The number of hydrogen-bond donors (Lipinski definition) is 2. The van der Waals surface area contributed by atoms with Crippen LogP contribution in [0, 0.1) is 0 Å². The topological polar surface area (TPSA) is 91.5 Å². The van der Waals surface area contributed by atoms with Gasteiger partial charge in [0, 0.05) is 13.0 Å². The van der Waals surface area contributed by atoms with Gasteiger partial charge >= 0.3 is 5.69 Å². The molecular weight excluding hydrogens is 416 g/mol. The summed E-state index contributed by atoms with van der Waals surface area (Å²) in [6.07, 6.45) is 3.01. The first-order valence-electron chi connectivity index (χ1n) is 11.3. The first-order valence-corrected chi connectivity index (χ1v) is 11.3. The van der Waals surface area contributed by atoms with E-state index in [2.05, 4.69) is 18.2 Å². The van der Waals surface area contributed by atoms with Crippen LogP contribution >= 0.6 is 0 Å². The van der Waals surface area contributed by atoms with Crippen molar-refractivity contribution in [1.82, 2.24) is 9.13 Å². The van der Waals surface area contributed by atoms with Gasteiger partial charge in [0.25, 0.3) is 5.56 Å². The molecule has 0 amide bonds. The summed E-state index contributed by atoms with van der Waals surface area (Å²) in [4.78, 5) is 40.2. The first-order chi connectivity index (χ1) is 16.0. The Labute approximate surface area is 192 Å². The van der Waals surface area contributed by atoms with Crippen LogP contribution in [0.15, 0.2) is 76.3 Å². The van der Waals surface area contributed by atoms with E-state index in [1.165, 1.54) is 15.7 Å². The highest BCUT2D eigenvalue weighted by molar-refractivity contribution is 6.00. The maximum atomic E-state index is 13.2. The van der Waals surface area contributed by atoms with Crippen LogP contribution in [-0.4, -0.2) is 34.6 Å². The van der Waals surface area contributed by atoms with Crippen LogP contribution in [0.4, 0.5) is 5.82 Å². The van der Waals surface area contributed by atoms with Gasteiger partial charge in [-0.15, -0.1) is 0 Å². The molecular formula is C26H29N4O3+. The molecule has 7 nitrogen and oxygen atoms in total. The molecule has 1 atom stereocenters. The highest BCUT2D eigenvalue weighted by Gasteiger charge is 2.26. The van der Waals surface area contributed by atoms with E-state index in [9.17, 15) is 14.4 Å². The molecule has 1 aromatic heterocycles. The standard InChI is InChI=1S/C26H28N4O3/c1-2-29-25(32)23(24(27)30(26(29)33)17-19-9-5-3-6-10-19)22(31)18-28-15-13-21(14-16-28)20-11-7-4-8-12-20/h3-13H,2,14-18,27H2,1H3/p+1. The number of nitrogens with one attached hydrogen (secondary N) is 1. The Bertz CT molecular complexity index is 1290. The van der Waals surface area contributed by atoms with Gasteiger partial charge in [-0.3, -0.25) is 18.7 Å². The molecule has 1 aliphatic rings. The number of nitrogens with two attached hydrogens (primary N) is 1. The lowest BCUT2D eigenvalue weighted by Gasteiger charge is -2.23. The molecule has 33 heavy (non-hydrogen) atoms. The third kappa shape index (κ3) is 4.73. The normalized spacial score (nSPS) is 15.8. The van der Waals surface area contributed by atoms with Crippen molar-refractivity contribution < 1.29 is 9.69 Å². The van der Waals surface area contributed by atoms with Gasteiger partial charge in [0.1, 0.15) is 17.9 Å². The minimum absolute atomic E-state index is 0.0551. The molecule has 1 aliphatic heterocycles. The number of ketones is 1. The van der Waals surface area contributed by atoms with Crippen molar-refractivity contribution in [2.24, 2.45) is 0 Å². The van der Waals surface area contributed by atoms with Gasteiger partial charge in [-0.05, 0) is 29.7 Å². The highest BCUT2D eigenvalue weighted by atomic mass is 16.2. The quantitative estimate of drug-likeness (QED) is 0.535. The largest absolute Gasteiger partial charge is 0.384 e. The summed E-state index contributed by atoms with van der Waals surface area (Å²) in [5.41, 5.74) is 8.42. The summed E-state index contributed by atoms with van der Waals surface area (Å²) in [6, 6.07) is 19.6. The minimum atomic E-state index is -0.605. The average molecular weight is 446 g/mol. The van der Waals surface area contributed by atoms with E-state index >= 15 is 0 Å². The molecule has 0 bridgehead atoms. The molecule has 170 valence electrons. The van der Waals surface area contributed by atoms with Gasteiger partial charge in [0.2, 0.25) is 5.78 Å². The number of rotatable bonds is 7. The molecule has 0 aliphatic carbocycles. The second-order valence-corrected chi connectivity index (χ2v) is 8.31. The summed E-state index contributed by atoms with van der Waals surface area (Å²) in [5.74, 6) is -0.381. The third-order valence-corrected chi connectivity index (χ3v) is 6.19. The van der Waals surface area contributed by atoms with Gasteiger partial charge in [-0.2, -0.15) is 0 Å². The van der Waals surface area contributed by atoms with Crippen LogP contribution in [0.2, 0.25) is 0 Å². The van der Waals surface area contributed by atoms with Gasteiger partial charge in [-0.25, -0.2) is 4.79 Å². The number of aromatic nitrogens is 2. The lowest BCUT2D eigenvalue weighted by Crippen LogP contribution is -3.13. The highest BCUT2D eigenvalue weighted by Crippen LogP contribution is 2.18. The summed E-state index contributed by atoms with van der Waals surface area (Å²) in [7, 11) is 0. The number of benzene rings is 2. The monoisotopic (exact) mass is 445 g/mol. The second-order valence-electron chi connectivity index (χ2n) is 8.31. The van der Waals surface area contributed by atoms with E-state index in [0.717, 1.165) is 28.0 Å². The minimum Gasteiger partial charge on any atom is -0.384 e. The van der Waals surface area contributed by atoms with Gasteiger partial charge in [0.15, 0.2) is 0 Å². The zero-order chi connectivity index (χ0) is 23.4. The Morgan fingerprint density at radius 2 is 1.67 bits per heavy atom. The van der Waals surface area contributed by atoms with E-state index in [-0.39, 0.29) is 36.8 Å². The Morgan fingerprint density at radius 3 is 2.27 bits per heavy atom. The zero-order valence-electron chi connectivity index (χ0n) is 18.8. The molecule has 0 spiro atoms. The number of nitrogens with zero attached hydrogens (tertiary/aromatic N) is 2. The fourth-order valence-electron chi connectivity index (χ4n) is 4.35. The maximum Gasteiger partial charge on any atom is 0.332 e. The smallest absolute Gasteiger partial charge is 0.332 e. The number of anilines is 1. The molecule has 7 heteroatoms. The summed E-state index contributed by atoms with van der Waals surface area (Å²) < 4.78 is 2.41. The molecule has 4 rings (SSSR count). The van der Waals surface area contributed by atoms with Crippen LogP contribution in [0.5, 0.6) is 0 Å². The Morgan fingerprint density at radius 1 is 1.00 bits per heavy atom. The predicted octanol–water partition coefficient (Wildman–Crippen LogP) is 1.22. The number of Topliss-reactive ketones (excluding diaryl/α,β-unsaturated/α-hetero) is 1. The van der Waals surface area contributed by atoms with Crippen LogP contribution < -0.4 is 21.9 Å². The van der Waals surface area contributed by atoms with Crippen LogP contribution in [0.1, 0.15) is 34.8 Å². The Kier molecular flexibility index (Phi) is 6.70. The summed E-state index contributed by atoms with van der Waals surface area (Å²) in [5, 5.41) is 0. The van der Waals surface area contributed by atoms with E-state index in [1.807, 2.05) is 48.5 Å². The lowest BCUT2D eigenvalue weighted by atomic mass is 9.99. The van der Waals surface area contributed by atoms with E-state index in [0.29, 0.717) is 6.54 Å². The molecule has 2 heterocycles. The van der Waals surface area contributed by atoms with Crippen molar-refractivity contribution in [3.8, 4) is 0 Å². The molecule has 1 unspecified atom stereocenters. The van der Waals surface area contributed by atoms with Crippen LogP contribution in [-0.2, 0) is 13.1 Å². The van der Waals surface area contributed by atoms with Crippen molar-refractivity contribution in [1.29, 1.82) is 0 Å². The van der Waals surface area contributed by atoms with Gasteiger partial charge in [-0.1, -0.05) is 60.7 Å². The number of quaternary nitrogens is 1. The fourth-order valence-corrected chi connectivity index (χ4v) is 4.35. The third-order valence-electron chi connectivity index (χ3n) is 6.19. The molecule has 0 saturated heterocycles. The zero-order valence-corrected chi connectivity index (χ0v) is 18.8. The molecule has 0 fully saturated rings. The van der Waals surface area contributed by atoms with E-state index < -0.39 is 11.2 Å². The maximum absolute atomic E-state index is 13.2. The van der Waals surface area contributed by atoms with Gasteiger partial charge < -0.3 is 10.6 Å². The SMILES string of the molecule is CCn1c(=O)c(C(=O)C[NH+]2CC=C(c3ccccc3)CC2)c(N)n(Cc2ccccc2)c1=O. The molecule has 0 saturated carbocycles. The number of hydrogen-bond acceptors (Lipinski definition) is 4. The van der Waals surface area contributed by atoms with Crippen molar-refractivity contribution >= 4 is 17.2 Å². The van der Waals surface area contributed by atoms with Crippen molar-refractivity contribution in [2.75, 3.05) is 25.4 Å². The van der Waals surface area contributed by atoms with E-state index in [4.69, 9.17) is 5.73 Å². The predicted molar refractivity (Wildman–Crippen MR) is 130 cm³/mol.